The smallest absolute Gasteiger partial charge is 0.271 e. The SMILES string of the molecule is CCC/C(=C\c1cccc(O)c1)CC[C@@H](O)C1=C(CO[Si](c2ccccc2)(c2ccccc2)C(C)(C)C)C[C@H]2C(=O)N(c3cccc([N+](=O)[O-])c3)C(=O)[C@H]2[C@H]1CO. The number of carbonyl (C=O) groups excluding carboxylic acids is 2. The third kappa shape index (κ3) is 8.43. The third-order valence-corrected chi connectivity index (χ3v) is 16.5. The summed E-state index contributed by atoms with van der Waals surface area (Å²) in [6.45, 7) is 8.13. The summed E-state index contributed by atoms with van der Waals surface area (Å²) in [5.41, 5.74) is 2.94. The van der Waals surface area contributed by atoms with Gasteiger partial charge in [0.05, 0.1) is 41.8 Å². The van der Waals surface area contributed by atoms with Crippen LogP contribution in [0.5, 0.6) is 5.75 Å². The van der Waals surface area contributed by atoms with Crippen LogP contribution in [0.4, 0.5) is 11.4 Å². The Balaban J connectivity index is 1.43. The molecule has 0 radical (unpaired) electrons. The highest BCUT2D eigenvalue weighted by molar-refractivity contribution is 6.99. The largest absolute Gasteiger partial charge is 0.508 e. The molecule has 0 spiro atoms. The lowest BCUT2D eigenvalue weighted by Crippen LogP contribution is -2.66. The van der Waals surface area contributed by atoms with Crippen molar-refractivity contribution in [2.45, 2.75) is 70.9 Å². The first-order valence-corrected chi connectivity index (χ1v) is 21.6. The summed E-state index contributed by atoms with van der Waals surface area (Å²) >= 11 is 0. The Hall–Kier alpha value is -5.20. The van der Waals surface area contributed by atoms with Crippen molar-refractivity contribution in [3.05, 3.63) is 142 Å². The zero-order valence-corrected chi connectivity index (χ0v) is 34.0. The molecule has 4 atom stereocenters. The van der Waals surface area contributed by atoms with Crippen LogP contribution in [0.15, 0.2) is 126 Å². The van der Waals surface area contributed by atoms with Gasteiger partial charge in [0.1, 0.15) is 5.75 Å². The van der Waals surface area contributed by atoms with Crippen molar-refractivity contribution >= 4 is 48.0 Å². The molecule has 1 fully saturated rings. The molecule has 57 heavy (non-hydrogen) atoms. The number of nitrogens with zero attached hydrogens (tertiary/aromatic N) is 2. The van der Waals surface area contributed by atoms with Crippen LogP contribution in [-0.4, -0.2) is 59.7 Å². The second-order valence-electron chi connectivity index (χ2n) is 16.1. The number of hydrogen-bond acceptors (Lipinski definition) is 8. The van der Waals surface area contributed by atoms with Crippen molar-refractivity contribution in [3.8, 4) is 5.75 Å². The van der Waals surface area contributed by atoms with E-state index in [1.807, 2.05) is 48.5 Å². The van der Waals surface area contributed by atoms with Crippen LogP contribution in [-0.2, 0) is 14.0 Å². The number of carbonyl (C=O) groups is 2. The highest BCUT2D eigenvalue weighted by atomic mass is 28.4. The van der Waals surface area contributed by atoms with E-state index in [0.717, 1.165) is 39.3 Å². The monoisotopic (exact) mass is 788 g/mol. The summed E-state index contributed by atoms with van der Waals surface area (Å²) in [4.78, 5) is 40.8. The summed E-state index contributed by atoms with van der Waals surface area (Å²) < 4.78 is 7.37. The van der Waals surface area contributed by atoms with Gasteiger partial charge < -0.3 is 19.7 Å². The minimum absolute atomic E-state index is 0.0542. The van der Waals surface area contributed by atoms with Crippen molar-refractivity contribution in [3.63, 3.8) is 0 Å². The number of rotatable bonds is 15. The van der Waals surface area contributed by atoms with Crippen LogP contribution in [0, 0.1) is 27.9 Å². The van der Waals surface area contributed by atoms with Crippen LogP contribution >= 0.6 is 0 Å². The molecule has 1 aliphatic carbocycles. The molecule has 0 bridgehead atoms. The second kappa shape index (κ2) is 17.5. The molecule has 2 aliphatic rings. The van der Waals surface area contributed by atoms with Gasteiger partial charge >= 0.3 is 0 Å². The fourth-order valence-corrected chi connectivity index (χ4v) is 13.5. The number of amides is 2. The van der Waals surface area contributed by atoms with Crippen molar-refractivity contribution in [2.24, 2.45) is 17.8 Å². The van der Waals surface area contributed by atoms with Crippen LogP contribution in [0.2, 0.25) is 5.04 Å². The maximum Gasteiger partial charge on any atom is 0.271 e. The Labute approximate surface area is 335 Å². The van der Waals surface area contributed by atoms with Crippen LogP contribution in [0.3, 0.4) is 0 Å². The molecule has 3 N–H and O–H groups in total. The number of nitro groups is 1. The standard InChI is InChI=1S/C46H52N2O8Si/c1-5-14-31(25-32-15-12-18-36(50)26-32)23-24-41(51)42-33(30-56-57(46(2,3)4,37-19-8-6-9-20-37)38-21-10-7-11-22-38)27-39-43(40(42)29-49)45(53)47(44(39)52)34-16-13-17-35(28-34)48(54)55/h6-13,15-22,25-26,28,39-41,43,49-51H,5,14,23-24,27,29-30H2,1-4H3/b31-25+/t39-,40+,41-,43-/m1/s1. The predicted octanol–water partition coefficient (Wildman–Crippen LogP) is 7.32. The van der Waals surface area contributed by atoms with Gasteiger partial charge in [-0.25, -0.2) is 4.90 Å². The predicted molar refractivity (Wildman–Crippen MR) is 225 cm³/mol. The maximum absolute atomic E-state index is 14.3. The topological polar surface area (TPSA) is 150 Å². The zero-order valence-electron chi connectivity index (χ0n) is 33.0. The zero-order chi connectivity index (χ0) is 40.9. The fourth-order valence-electron chi connectivity index (χ4n) is 8.97. The van der Waals surface area contributed by atoms with Gasteiger partial charge in [-0.3, -0.25) is 19.7 Å². The number of aliphatic hydroxyl groups is 2. The average molecular weight is 789 g/mol. The number of aromatic hydroxyl groups is 1. The van der Waals surface area contributed by atoms with E-state index >= 15 is 0 Å². The molecule has 2 amide bonds. The number of phenolic OH excluding ortho intramolecular Hbond substituents is 1. The summed E-state index contributed by atoms with van der Waals surface area (Å²) in [7, 11) is -3.11. The number of nitro benzene ring substituents is 1. The first-order valence-electron chi connectivity index (χ1n) is 19.7. The molecular formula is C46H52N2O8Si. The quantitative estimate of drug-likeness (QED) is 0.0373. The average Bonchev–Trinajstić information content (AvgIpc) is 3.45. The van der Waals surface area contributed by atoms with Gasteiger partial charge in [0, 0.05) is 18.1 Å². The molecule has 0 saturated carbocycles. The molecule has 1 saturated heterocycles. The number of phenols is 1. The fraction of sp³-hybridized carbons (Fsp3) is 0.348. The Morgan fingerprint density at radius 2 is 1.58 bits per heavy atom. The van der Waals surface area contributed by atoms with E-state index in [9.17, 15) is 35.0 Å². The lowest BCUT2D eigenvalue weighted by Gasteiger charge is -2.44. The van der Waals surface area contributed by atoms with E-state index in [4.69, 9.17) is 4.43 Å². The molecule has 10 nitrogen and oxygen atoms in total. The molecule has 11 heteroatoms. The van der Waals surface area contributed by atoms with E-state index in [-0.39, 0.29) is 41.6 Å². The molecule has 1 aliphatic heterocycles. The van der Waals surface area contributed by atoms with E-state index in [1.54, 1.807) is 18.2 Å². The molecule has 4 aromatic carbocycles. The van der Waals surface area contributed by atoms with Gasteiger partial charge in [0.25, 0.3) is 14.0 Å². The van der Waals surface area contributed by atoms with Crippen LogP contribution < -0.4 is 15.3 Å². The van der Waals surface area contributed by atoms with Crippen molar-refractivity contribution < 1.29 is 34.3 Å². The van der Waals surface area contributed by atoms with Gasteiger partial charge in [0.2, 0.25) is 11.8 Å². The lowest BCUT2D eigenvalue weighted by molar-refractivity contribution is -0.384. The molecule has 0 unspecified atom stereocenters. The molecule has 4 aromatic rings. The third-order valence-electron chi connectivity index (χ3n) is 11.5. The lowest BCUT2D eigenvalue weighted by atomic mass is 9.68. The van der Waals surface area contributed by atoms with Gasteiger partial charge in [-0.05, 0) is 76.0 Å². The Morgan fingerprint density at radius 1 is 0.930 bits per heavy atom. The number of non-ortho nitro benzene ring substituents is 1. The summed E-state index contributed by atoms with van der Waals surface area (Å²) in [5, 5.41) is 46.9. The van der Waals surface area contributed by atoms with Crippen molar-refractivity contribution in [2.75, 3.05) is 18.1 Å². The Kier molecular flexibility index (Phi) is 12.7. The molecule has 6 rings (SSSR count). The summed E-state index contributed by atoms with van der Waals surface area (Å²) in [6, 6.07) is 32.7. The highest BCUT2D eigenvalue weighted by Crippen LogP contribution is 2.48. The molecule has 298 valence electrons. The van der Waals surface area contributed by atoms with Gasteiger partial charge in [0.15, 0.2) is 0 Å². The minimum atomic E-state index is -3.11. The number of hydrogen-bond donors (Lipinski definition) is 3. The van der Waals surface area contributed by atoms with E-state index in [1.165, 1.54) is 24.3 Å². The number of benzene rings is 4. The molecular weight excluding hydrogens is 737 g/mol. The number of anilines is 1. The van der Waals surface area contributed by atoms with E-state index in [2.05, 4.69) is 52.0 Å². The summed E-state index contributed by atoms with van der Waals surface area (Å²) in [5.74, 6) is -3.66. The van der Waals surface area contributed by atoms with Gasteiger partial charge in [-0.15, -0.1) is 0 Å². The second-order valence-corrected chi connectivity index (χ2v) is 20.4. The van der Waals surface area contributed by atoms with Crippen LogP contribution in [0.1, 0.15) is 65.4 Å². The molecule has 1 heterocycles. The first kappa shape index (κ1) is 41.4. The number of imide groups is 1. The molecule has 0 aromatic heterocycles. The number of aliphatic hydroxyl groups excluding tert-OH is 2. The first-order chi connectivity index (χ1) is 27.3. The van der Waals surface area contributed by atoms with Gasteiger partial charge in [-0.2, -0.15) is 0 Å². The van der Waals surface area contributed by atoms with E-state index < -0.39 is 55.5 Å². The van der Waals surface area contributed by atoms with Gasteiger partial charge in [-0.1, -0.05) is 125 Å². The minimum Gasteiger partial charge on any atom is -0.508 e. The maximum atomic E-state index is 14.3. The van der Waals surface area contributed by atoms with Crippen molar-refractivity contribution in [1.82, 2.24) is 0 Å². The summed E-state index contributed by atoms with van der Waals surface area (Å²) in [6.07, 6.45) is 3.48. The Morgan fingerprint density at radius 3 is 2.16 bits per heavy atom. The van der Waals surface area contributed by atoms with Crippen molar-refractivity contribution in [1.29, 1.82) is 0 Å². The van der Waals surface area contributed by atoms with Crippen LogP contribution in [0.25, 0.3) is 6.08 Å². The van der Waals surface area contributed by atoms with E-state index in [0.29, 0.717) is 17.6 Å². The normalized spacial score (nSPS) is 19.5. The number of allylic oxidation sites excluding steroid dienone is 1. The Bertz CT molecular complexity index is 2110. The highest BCUT2D eigenvalue weighted by Gasteiger charge is 2.56. The number of fused-ring (bicyclic) bond motifs is 1.